The van der Waals surface area contributed by atoms with Gasteiger partial charge in [-0.15, -0.1) is 0 Å². The lowest BCUT2D eigenvalue weighted by Crippen LogP contribution is -2.17. The lowest BCUT2D eigenvalue weighted by molar-refractivity contribution is 0.364. The lowest BCUT2D eigenvalue weighted by atomic mass is 10.1. The van der Waals surface area contributed by atoms with E-state index in [4.69, 9.17) is 15.9 Å². The fraction of sp³-hybridized carbons (Fsp3) is 0.333. The molecule has 0 aliphatic carbocycles. The second kappa shape index (κ2) is 3.53. The first-order valence-electron chi connectivity index (χ1n) is 4.00. The molecule has 0 amide bonds. The van der Waals surface area contributed by atoms with Crippen LogP contribution >= 0.6 is 0 Å². The number of hydrogen-bond acceptors (Lipinski definition) is 4. The van der Waals surface area contributed by atoms with Crippen LogP contribution in [0.1, 0.15) is 12.5 Å². The van der Waals surface area contributed by atoms with E-state index in [2.05, 4.69) is 0 Å². The molecule has 4 heteroatoms. The maximum absolute atomic E-state index is 9.36. The predicted molar refractivity (Wildman–Crippen MR) is 48.8 cm³/mol. The smallest absolute Gasteiger partial charge is 0.200 e. The van der Waals surface area contributed by atoms with E-state index in [9.17, 15) is 5.11 Å². The molecule has 0 aromatic heterocycles. The van der Waals surface area contributed by atoms with Gasteiger partial charge in [-0.1, -0.05) is 6.07 Å². The number of phenolic OH excluding ortho intramolecular Hbond substituents is 3. The largest absolute Gasteiger partial charge is 0.504 e. The quantitative estimate of drug-likeness (QED) is 0.508. The van der Waals surface area contributed by atoms with Crippen LogP contribution in [0, 0.1) is 0 Å². The summed E-state index contributed by atoms with van der Waals surface area (Å²) >= 11 is 0. The molecule has 0 saturated heterocycles. The maximum atomic E-state index is 9.36. The molecule has 0 radical (unpaired) electrons. The highest BCUT2D eigenvalue weighted by Crippen LogP contribution is 2.37. The van der Waals surface area contributed by atoms with E-state index >= 15 is 0 Å². The topological polar surface area (TPSA) is 86.7 Å². The van der Waals surface area contributed by atoms with Gasteiger partial charge in [0.2, 0.25) is 5.75 Å². The third kappa shape index (κ3) is 2.03. The summed E-state index contributed by atoms with van der Waals surface area (Å²) in [6, 6.07) is 2.76. The van der Waals surface area contributed by atoms with E-state index < -0.39 is 5.75 Å². The molecule has 0 fully saturated rings. The van der Waals surface area contributed by atoms with Gasteiger partial charge in [0.15, 0.2) is 11.5 Å². The Morgan fingerprint density at radius 1 is 1.23 bits per heavy atom. The van der Waals surface area contributed by atoms with E-state index in [0.717, 1.165) is 0 Å². The maximum Gasteiger partial charge on any atom is 0.200 e. The Hall–Kier alpha value is -1.42. The van der Waals surface area contributed by atoms with Crippen LogP contribution in [0.4, 0.5) is 0 Å². The summed E-state index contributed by atoms with van der Waals surface area (Å²) in [6.45, 7) is 1.79. The molecular formula is C9H13NO3. The number of nitrogens with two attached hydrogens (primary N) is 1. The summed E-state index contributed by atoms with van der Waals surface area (Å²) in [5, 5.41) is 27.5. The van der Waals surface area contributed by atoms with Crippen molar-refractivity contribution in [2.45, 2.75) is 19.4 Å². The van der Waals surface area contributed by atoms with E-state index in [0.29, 0.717) is 12.0 Å². The van der Waals surface area contributed by atoms with Gasteiger partial charge in [0.1, 0.15) is 0 Å². The number of rotatable bonds is 2. The monoisotopic (exact) mass is 183 g/mol. The Labute approximate surface area is 76.2 Å². The van der Waals surface area contributed by atoms with Crippen molar-refractivity contribution in [1.29, 1.82) is 0 Å². The van der Waals surface area contributed by atoms with Gasteiger partial charge >= 0.3 is 0 Å². The Bertz CT molecular complexity index is 310. The molecule has 0 saturated carbocycles. The Balaban J connectivity index is 3.04. The molecule has 5 N–H and O–H groups in total. The van der Waals surface area contributed by atoms with Gasteiger partial charge in [0, 0.05) is 6.04 Å². The second-order valence-corrected chi connectivity index (χ2v) is 3.12. The fourth-order valence-electron chi connectivity index (χ4n) is 1.12. The highest BCUT2D eigenvalue weighted by Gasteiger charge is 2.11. The molecule has 4 nitrogen and oxygen atoms in total. The van der Waals surface area contributed by atoms with E-state index in [-0.39, 0.29) is 17.5 Å². The predicted octanol–water partition coefficient (Wildman–Crippen LogP) is 0.693. The molecule has 1 aromatic rings. The molecule has 0 spiro atoms. The van der Waals surface area contributed by atoms with Crippen molar-refractivity contribution in [3.8, 4) is 17.2 Å². The van der Waals surface area contributed by atoms with Crippen LogP contribution in [-0.4, -0.2) is 21.4 Å². The number of hydrogen-bond donors (Lipinski definition) is 4. The first-order valence-corrected chi connectivity index (χ1v) is 4.00. The molecule has 1 rings (SSSR count). The molecular weight excluding hydrogens is 170 g/mol. The number of benzene rings is 1. The van der Waals surface area contributed by atoms with Crippen LogP contribution in [0.3, 0.4) is 0 Å². The van der Waals surface area contributed by atoms with Crippen LogP contribution in [0.25, 0.3) is 0 Å². The summed E-state index contributed by atoms with van der Waals surface area (Å²) in [7, 11) is 0. The van der Waals surface area contributed by atoms with Crippen LogP contribution in [0.2, 0.25) is 0 Å². The molecule has 13 heavy (non-hydrogen) atoms. The van der Waals surface area contributed by atoms with E-state index in [1.54, 1.807) is 6.92 Å². The lowest BCUT2D eigenvalue weighted by Gasteiger charge is -2.09. The minimum atomic E-state index is -0.488. The molecule has 0 heterocycles. The van der Waals surface area contributed by atoms with Crippen molar-refractivity contribution >= 4 is 0 Å². The van der Waals surface area contributed by atoms with Crippen molar-refractivity contribution < 1.29 is 15.3 Å². The zero-order valence-electron chi connectivity index (χ0n) is 7.36. The molecule has 0 aliphatic heterocycles. The molecule has 72 valence electrons. The molecule has 1 aromatic carbocycles. The van der Waals surface area contributed by atoms with Crippen LogP contribution in [0.5, 0.6) is 17.2 Å². The normalized spacial score (nSPS) is 12.8. The van der Waals surface area contributed by atoms with Gasteiger partial charge in [-0.25, -0.2) is 0 Å². The molecule has 0 unspecified atom stereocenters. The molecule has 0 aliphatic rings. The average molecular weight is 183 g/mol. The van der Waals surface area contributed by atoms with Crippen molar-refractivity contribution in [1.82, 2.24) is 0 Å². The van der Waals surface area contributed by atoms with E-state index in [1.165, 1.54) is 12.1 Å². The zero-order valence-corrected chi connectivity index (χ0v) is 7.36. The third-order valence-corrected chi connectivity index (χ3v) is 1.76. The molecule has 1 atom stereocenters. The van der Waals surface area contributed by atoms with Gasteiger partial charge in [-0.05, 0) is 25.0 Å². The van der Waals surface area contributed by atoms with Gasteiger partial charge < -0.3 is 21.1 Å². The van der Waals surface area contributed by atoms with Gasteiger partial charge in [-0.2, -0.15) is 0 Å². The summed E-state index contributed by atoms with van der Waals surface area (Å²) in [4.78, 5) is 0. The summed E-state index contributed by atoms with van der Waals surface area (Å²) in [5.74, 6) is -1.11. The minimum Gasteiger partial charge on any atom is -0.504 e. The van der Waals surface area contributed by atoms with E-state index in [1.807, 2.05) is 0 Å². The zero-order chi connectivity index (χ0) is 10.0. The Morgan fingerprint density at radius 3 is 2.38 bits per heavy atom. The number of aromatic hydroxyl groups is 3. The van der Waals surface area contributed by atoms with Crippen molar-refractivity contribution in [2.24, 2.45) is 5.73 Å². The van der Waals surface area contributed by atoms with Crippen molar-refractivity contribution in [2.75, 3.05) is 0 Å². The van der Waals surface area contributed by atoms with Gasteiger partial charge in [0.25, 0.3) is 0 Å². The summed E-state index contributed by atoms with van der Waals surface area (Å²) in [6.07, 6.45) is 0.458. The summed E-state index contributed by atoms with van der Waals surface area (Å²) in [5.41, 5.74) is 6.06. The SMILES string of the molecule is C[C@H](N)Cc1ccc(O)c(O)c1O. The van der Waals surface area contributed by atoms with Crippen LogP contribution in [-0.2, 0) is 6.42 Å². The average Bonchev–Trinajstić information content (AvgIpc) is 2.06. The minimum absolute atomic E-state index is 0.102. The van der Waals surface area contributed by atoms with Crippen molar-refractivity contribution in [3.05, 3.63) is 17.7 Å². The highest BCUT2D eigenvalue weighted by atomic mass is 16.3. The number of phenols is 3. The second-order valence-electron chi connectivity index (χ2n) is 3.12. The van der Waals surface area contributed by atoms with Crippen molar-refractivity contribution in [3.63, 3.8) is 0 Å². The first-order chi connectivity index (χ1) is 6.02. The van der Waals surface area contributed by atoms with Crippen LogP contribution in [0.15, 0.2) is 12.1 Å². The van der Waals surface area contributed by atoms with Crippen LogP contribution < -0.4 is 5.73 Å². The third-order valence-electron chi connectivity index (χ3n) is 1.76. The van der Waals surface area contributed by atoms with Gasteiger partial charge in [0.05, 0.1) is 0 Å². The Morgan fingerprint density at radius 2 is 1.85 bits per heavy atom. The Kier molecular flexibility index (Phi) is 2.63. The summed E-state index contributed by atoms with van der Waals surface area (Å²) < 4.78 is 0. The van der Waals surface area contributed by atoms with Gasteiger partial charge in [-0.3, -0.25) is 0 Å². The fourth-order valence-corrected chi connectivity index (χ4v) is 1.12. The highest BCUT2D eigenvalue weighted by molar-refractivity contribution is 5.53. The molecule has 0 bridgehead atoms. The first kappa shape index (κ1) is 9.67. The standard InChI is InChI=1S/C9H13NO3/c1-5(10)4-6-2-3-7(11)9(13)8(6)12/h2-3,5,11-13H,4,10H2,1H3/t5-/m0/s1.